The summed E-state index contributed by atoms with van der Waals surface area (Å²) in [6.45, 7) is 0.517. The number of nitrogens with zero attached hydrogens (tertiary/aromatic N) is 3. The van der Waals surface area contributed by atoms with Gasteiger partial charge in [0.15, 0.2) is 0 Å². The molecule has 0 fully saturated rings. The van der Waals surface area contributed by atoms with Crippen molar-refractivity contribution in [2.45, 2.75) is 11.7 Å². The van der Waals surface area contributed by atoms with Gasteiger partial charge in [0.1, 0.15) is 5.82 Å². The third-order valence-corrected chi connectivity index (χ3v) is 5.42. The van der Waals surface area contributed by atoms with E-state index in [2.05, 4.69) is 15.2 Å². The molecule has 0 radical (unpaired) electrons. The number of para-hydroxylation sites is 1. The van der Waals surface area contributed by atoms with Crippen LogP contribution in [0, 0.1) is 0 Å². The van der Waals surface area contributed by atoms with Gasteiger partial charge in [-0.3, -0.25) is 9.89 Å². The number of aromatic nitrogens is 3. The first-order valence-electron chi connectivity index (χ1n) is 9.95. The summed E-state index contributed by atoms with van der Waals surface area (Å²) in [6.07, 6.45) is 3.84. The number of aromatic amines is 1. The number of hydrogen-bond acceptors (Lipinski definition) is 4. The maximum atomic E-state index is 13.1. The molecule has 6 heteroatoms. The van der Waals surface area contributed by atoms with Crippen molar-refractivity contribution in [3.8, 4) is 0 Å². The predicted octanol–water partition coefficient (Wildman–Crippen LogP) is 5.30. The first-order chi connectivity index (χ1) is 15.3. The minimum absolute atomic E-state index is 0.00577. The highest BCUT2D eigenvalue weighted by Crippen LogP contribution is 2.21. The van der Waals surface area contributed by atoms with Gasteiger partial charge in [0.25, 0.3) is 0 Å². The smallest absolute Gasteiger partial charge is 0.237 e. The third-order valence-electron chi connectivity index (χ3n) is 4.59. The van der Waals surface area contributed by atoms with E-state index < -0.39 is 0 Å². The average molecular weight is 427 g/mol. The number of H-pyrrole nitrogens is 1. The number of nitrogens with one attached hydrogen (secondary N) is 1. The maximum absolute atomic E-state index is 13.1. The Morgan fingerprint density at radius 1 is 0.871 bits per heavy atom. The summed E-state index contributed by atoms with van der Waals surface area (Å²) in [6, 6.07) is 29.7. The molecular formula is C25H22N4OS. The Morgan fingerprint density at radius 2 is 1.52 bits per heavy atom. The number of rotatable bonds is 8. The molecule has 31 heavy (non-hydrogen) atoms. The number of carbonyl (C=O) groups excluding carboxylic acids is 1. The molecule has 1 heterocycles. The quantitative estimate of drug-likeness (QED) is 0.388. The molecule has 1 aromatic heterocycles. The summed E-state index contributed by atoms with van der Waals surface area (Å²) >= 11 is 1.33. The lowest BCUT2D eigenvalue weighted by Gasteiger charge is -2.22. The minimum atomic E-state index is 0.00577. The number of benzene rings is 3. The highest BCUT2D eigenvalue weighted by molar-refractivity contribution is 7.99. The zero-order chi connectivity index (χ0) is 21.3. The van der Waals surface area contributed by atoms with E-state index in [0.29, 0.717) is 17.5 Å². The van der Waals surface area contributed by atoms with Gasteiger partial charge in [-0.1, -0.05) is 96.7 Å². The molecule has 0 aliphatic heterocycles. The van der Waals surface area contributed by atoms with Crippen molar-refractivity contribution in [2.75, 3.05) is 10.7 Å². The second-order valence-electron chi connectivity index (χ2n) is 6.84. The van der Waals surface area contributed by atoms with Crippen LogP contribution in [0.1, 0.15) is 17.0 Å². The van der Waals surface area contributed by atoms with Crippen LogP contribution in [0.15, 0.2) is 96.2 Å². The van der Waals surface area contributed by atoms with Crippen molar-refractivity contribution < 1.29 is 4.79 Å². The molecule has 0 atom stereocenters. The van der Waals surface area contributed by atoms with E-state index >= 15 is 0 Å². The Labute approximate surface area is 185 Å². The lowest BCUT2D eigenvalue weighted by atomic mass is 10.2. The highest BCUT2D eigenvalue weighted by atomic mass is 32.2. The van der Waals surface area contributed by atoms with E-state index in [9.17, 15) is 4.79 Å². The van der Waals surface area contributed by atoms with Crippen LogP contribution in [0.3, 0.4) is 0 Å². The Kier molecular flexibility index (Phi) is 6.92. The largest absolute Gasteiger partial charge is 0.307 e. The number of anilines is 1. The molecule has 0 saturated carbocycles. The van der Waals surface area contributed by atoms with Gasteiger partial charge in [0.2, 0.25) is 11.1 Å². The molecule has 0 aliphatic carbocycles. The molecular weight excluding hydrogens is 404 g/mol. The van der Waals surface area contributed by atoms with E-state index in [1.807, 2.05) is 103 Å². The van der Waals surface area contributed by atoms with Gasteiger partial charge in [0.05, 0.1) is 12.3 Å². The van der Waals surface area contributed by atoms with Crippen LogP contribution in [0.5, 0.6) is 0 Å². The molecule has 1 amide bonds. The standard InChI is InChI=1S/C25H22N4OS/c30-24(29(22-14-8-3-9-15-22)18-21-12-6-2-7-13-21)19-31-25-26-23(27-28-25)17-16-20-10-4-1-5-11-20/h1-17H,18-19H2,(H,26,27,28)/b17-16+. The third kappa shape index (κ3) is 5.93. The van der Waals surface area contributed by atoms with Gasteiger partial charge in [-0.25, -0.2) is 4.98 Å². The lowest BCUT2D eigenvalue weighted by Crippen LogP contribution is -2.31. The van der Waals surface area contributed by atoms with Crippen LogP contribution in [-0.2, 0) is 11.3 Å². The zero-order valence-electron chi connectivity index (χ0n) is 16.9. The van der Waals surface area contributed by atoms with E-state index in [4.69, 9.17) is 0 Å². The van der Waals surface area contributed by atoms with Crippen molar-refractivity contribution in [1.29, 1.82) is 0 Å². The molecule has 1 N–H and O–H groups in total. The van der Waals surface area contributed by atoms with Crippen LogP contribution in [0.4, 0.5) is 5.69 Å². The minimum Gasteiger partial charge on any atom is -0.307 e. The number of hydrogen-bond donors (Lipinski definition) is 1. The Bertz CT molecular complexity index is 1130. The molecule has 3 aromatic carbocycles. The second-order valence-corrected chi connectivity index (χ2v) is 7.78. The molecule has 4 rings (SSSR count). The van der Waals surface area contributed by atoms with Crippen molar-refractivity contribution in [3.63, 3.8) is 0 Å². The molecule has 0 aliphatic rings. The van der Waals surface area contributed by atoms with Gasteiger partial charge in [0, 0.05) is 5.69 Å². The maximum Gasteiger partial charge on any atom is 0.237 e. The van der Waals surface area contributed by atoms with Crippen molar-refractivity contribution in [3.05, 3.63) is 108 Å². The number of amides is 1. The van der Waals surface area contributed by atoms with Gasteiger partial charge in [-0.05, 0) is 29.3 Å². The summed E-state index contributed by atoms with van der Waals surface area (Å²) in [5, 5.41) is 7.68. The topological polar surface area (TPSA) is 61.9 Å². The van der Waals surface area contributed by atoms with Gasteiger partial charge in [-0.2, -0.15) is 0 Å². The fraction of sp³-hybridized carbons (Fsp3) is 0.0800. The fourth-order valence-corrected chi connectivity index (χ4v) is 3.72. The Morgan fingerprint density at radius 3 is 2.23 bits per heavy atom. The molecule has 5 nitrogen and oxygen atoms in total. The first-order valence-corrected chi connectivity index (χ1v) is 10.9. The Hall–Kier alpha value is -3.64. The number of carbonyl (C=O) groups is 1. The van der Waals surface area contributed by atoms with E-state index in [-0.39, 0.29) is 11.7 Å². The van der Waals surface area contributed by atoms with E-state index in [0.717, 1.165) is 16.8 Å². The van der Waals surface area contributed by atoms with Gasteiger partial charge in [-0.15, -0.1) is 5.10 Å². The summed E-state index contributed by atoms with van der Waals surface area (Å²) in [7, 11) is 0. The Balaban J connectivity index is 1.41. The summed E-state index contributed by atoms with van der Waals surface area (Å²) < 4.78 is 0. The van der Waals surface area contributed by atoms with Gasteiger partial charge >= 0.3 is 0 Å². The van der Waals surface area contributed by atoms with Crippen molar-refractivity contribution >= 4 is 35.5 Å². The zero-order valence-corrected chi connectivity index (χ0v) is 17.7. The monoisotopic (exact) mass is 426 g/mol. The van der Waals surface area contributed by atoms with Crippen LogP contribution in [0.25, 0.3) is 12.2 Å². The van der Waals surface area contributed by atoms with Gasteiger partial charge < -0.3 is 4.90 Å². The highest BCUT2D eigenvalue weighted by Gasteiger charge is 2.17. The molecule has 4 aromatic rings. The summed E-state index contributed by atoms with van der Waals surface area (Å²) in [4.78, 5) is 19.3. The summed E-state index contributed by atoms with van der Waals surface area (Å²) in [5.74, 6) is 0.913. The average Bonchev–Trinajstić information content (AvgIpc) is 3.29. The molecule has 0 bridgehead atoms. The SMILES string of the molecule is O=C(CSc1n[nH]c(/C=C/c2ccccc2)n1)N(Cc1ccccc1)c1ccccc1. The van der Waals surface area contributed by atoms with Crippen LogP contribution in [0.2, 0.25) is 0 Å². The van der Waals surface area contributed by atoms with Crippen LogP contribution in [-0.4, -0.2) is 26.8 Å². The van der Waals surface area contributed by atoms with E-state index in [1.165, 1.54) is 11.8 Å². The lowest BCUT2D eigenvalue weighted by molar-refractivity contribution is -0.116. The van der Waals surface area contributed by atoms with Crippen molar-refractivity contribution in [1.82, 2.24) is 15.2 Å². The van der Waals surface area contributed by atoms with Crippen LogP contribution >= 0.6 is 11.8 Å². The normalized spacial score (nSPS) is 11.0. The molecule has 0 spiro atoms. The fourth-order valence-electron chi connectivity index (χ4n) is 3.04. The summed E-state index contributed by atoms with van der Waals surface area (Å²) in [5.41, 5.74) is 3.04. The number of thioether (sulfide) groups is 1. The second kappa shape index (κ2) is 10.4. The first kappa shape index (κ1) is 20.6. The molecule has 0 unspecified atom stereocenters. The predicted molar refractivity (Wildman–Crippen MR) is 127 cm³/mol. The van der Waals surface area contributed by atoms with Crippen molar-refractivity contribution in [2.24, 2.45) is 0 Å². The molecule has 154 valence electrons. The van der Waals surface area contributed by atoms with E-state index in [1.54, 1.807) is 4.90 Å². The molecule has 0 saturated heterocycles. The van der Waals surface area contributed by atoms with Crippen LogP contribution < -0.4 is 4.90 Å².